The van der Waals surface area contributed by atoms with Gasteiger partial charge in [0.1, 0.15) is 0 Å². The molecule has 2 fully saturated rings. The van der Waals surface area contributed by atoms with E-state index in [9.17, 15) is 9.90 Å². The predicted molar refractivity (Wildman–Crippen MR) is 76.0 cm³/mol. The van der Waals surface area contributed by atoms with Crippen LogP contribution in [0.2, 0.25) is 0 Å². The molecule has 2 aliphatic rings. The van der Waals surface area contributed by atoms with E-state index in [1.165, 1.54) is 0 Å². The Hall–Kier alpha value is -1.42. The maximum atomic E-state index is 12.3. The number of aromatic nitrogens is 1. The summed E-state index contributed by atoms with van der Waals surface area (Å²) in [7, 11) is 0. The first kappa shape index (κ1) is 13.6. The minimum atomic E-state index is -0.633. The van der Waals surface area contributed by atoms with Crippen molar-refractivity contribution in [1.29, 1.82) is 0 Å². The molecule has 1 saturated heterocycles. The average Bonchev–Trinajstić information content (AvgIpc) is 3.26. The number of carbonyl (C=O) groups excluding carboxylic acids is 1. The third-order valence-corrected chi connectivity index (χ3v) is 4.81. The van der Waals surface area contributed by atoms with Gasteiger partial charge >= 0.3 is 0 Å². The SMILES string of the molecule is C[C@@H]1CN(C(=O)CCc2ccncc2)C[C@@]1(O)C1CC1. The van der Waals surface area contributed by atoms with Crippen molar-refractivity contribution in [2.75, 3.05) is 13.1 Å². The fourth-order valence-corrected chi connectivity index (χ4v) is 3.28. The van der Waals surface area contributed by atoms with Gasteiger partial charge in [-0.15, -0.1) is 0 Å². The number of aryl methyl sites for hydroxylation is 1. The molecule has 1 aliphatic heterocycles. The van der Waals surface area contributed by atoms with E-state index in [-0.39, 0.29) is 11.8 Å². The number of amides is 1. The third kappa shape index (κ3) is 2.57. The lowest BCUT2D eigenvalue weighted by Crippen LogP contribution is -2.40. The number of pyridine rings is 1. The first-order chi connectivity index (χ1) is 9.59. The summed E-state index contributed by atoms with van der Waals surface area (Å²) in [5.41, 5.74) is 0.504. The first-order valence-electron chi connectivity index (χ1n) is 7.48. The van der Waals surface area contributed by atoms with Gasteiger partial charge in [-0.3, -0.25) is 9.78 Å². The van der Waals surface area contributed by atoms with Gasteiger partial charge in [0.2, 0.25) is 5.91 Å². The molecular weight excluding hydrogens is 252 g/mol. The summed E-state index contributed by atoms with van der Waals surface area (Å²) in [5, 5.41) is 10.7. The van der Waals surface area contributed by atoms with Crippen molar-refractivity contribution in [3.8, 4) is 0 Å². The van der Waals surface area contributed by atoms with Crippen molar-refractivity contribution < 1.29 is 9.90 Å². The van der Waals surface area contributed by atoms with Crippen molar-refractivity contribution in [2.45, 2.75) is 38.2 Å². The molecule has 4 heteroatoms. The lowest BCUT2D eigenvalue weighted by molar-refractivity contribution is -0.131. The van der Waals surface area contributed by atoms with Crippen LogP contribution in [0, 0.1) is 11.8 Å². The molecule has 0 aromatic carbocycles. The highest BCUT2D eigenvalue weighted by atomic mass is 16.3. The fourth-order valence-electron chi connectivity index (χ4n) is 3.28. The van der Waals surface area contributed by atoms with E-state index in [1.807, 2.05) is 17.0 Å². The average molecular weight is 274 g/mol. The predicted octanol–water partition coefficient (Wildman–Crippen LogP) is 1.63. The van der Waals surface area contributed by atoms with Gasteiger partial charge in [0.05, 0.1) is 5.60 Å². The van der Waals surface area contributed by atoms with Gasteiger partial charge in [-0.1, -0.05) is 6.92 Å². The molecule has 1 N–H and O–H groups in total. The first-order valence-corrected chi connectivity index (χ1v) is 7.48. The van der Waals surface area contributed by atoms with Crippen molar-refractivity contribution >= 4 is 5.91 Å². The second-order valence-electron chi connectivity index (χ2n) is 6.30. The second-order valence-corrected chi connectivity index (χ2v) is 6.30. The summed E-state index contributed by atoms with van der Waals surface area (Å²) >= 11 is 0. The standard InChI is InChI=1S/C16H22N2O2/c1-12-10-18(11-16(12,20)14-3-4-14)15(19)5-2-13-6-8-17-9-7-13/h6-9,12,14,20H,2-5,10-11H2,1H3/t12-,16+/m1/s1. The van der Waals surface area contributed by atoms with Crippen molar-refractivity contribution in [3.63, 3.8) is 0 Å². The number of aliphatic hydroxyl groups is 1. The lowest BCUT2D eigenvalue weighted by atomic mass is 9.88. The van der Waals surface area contributed by atoms with Crippen molar-refractivity contribution in [3.05, 3.63) is 30.1 Å². The maximum Gasteiger partial charge on any atom is 0.223 e. The van der Waals surface area contributed by atoms with E-state index in [4.69, 9.17) is 0 Å². The monoisotopic (exact) mass is 274 g/mol. The van der Waals surface area contributed by atoms with Crippen LogP contribution in [0.3, 0.4) is 0 Å². The summed E-state index contributed by atoms with van der Waals surface area (Å²) < 4.78 is 0. The van der Waals surface area contributed by atoms with E-state index in [0.717, 1.165) is 24.8 Å². The Labute approximate surface area is 119 Å². The molecule has 2 heterocycles. The molecule has 1 aliphatic carbocycles. The highest BCUT2D eigenvalue weighted by Crippen LogP contribution is 2.47. The van der Waals surface area contributed by atoms with E-state index in [2.05, 4.69) is 11.9 Å². The fraction of sp³-hybridized carbons (Fsp3) is 0.625. The molecule has 1 amide bonds. The zero-order chi connectivity index (χ0) is 14.2. The summed E-state index contributed by atoms with van der Waals surface area (Å²) in [6, 6.07) is 3.89. The minimum absolute atomic E-state index is 0.158. The van der Waals surface area contributed by atoms with Crippen LogP contribution >= 0.6 is 0 Å². The van der Waals surface area contributed by atoms with Crippen LogP contribution in [0.1, 0.15) is 31.7 Å². The molecule has 1 aromatic rings. The van der Waals surface area contributed by atoms with Gasteiger partial charge in [0.15, 0.2) is 0 Å². The van der Waals surface area contributed by atoms with Gasteiger partial charge in [-0.2, -0.15) is 0 Å². The quantitative estimate of drug-likeness (QED) is 0.908. The Bertz CT molecular complexity index is 487. The molecule has 0 radical (unpaired) electrons. The van der Waals surface area contributed by atoms with Gasteiger partial charge < -0.3 is 10.0 Å². The van der Waals surface area contributed by atoms with Crippen LogP contribution in [-0.2, 0) is 11.2 Å². The number of carbonyl (C=O) groups is 1. The van der Waals surface area contributed by atoms with Gasteiger partial charge in [0, 0.05) is 37.8 Å². The molecule has 2 atom stereocenters. The summed E-state index contributed by atoms with van der Waals surface area (Å²) in [6.07, 6.45) is 6.98. The Morgan fingerprint density at radius 1 is 1.45 bits per heavy atom. The third-order valence-electron chi connectivity index (χ3n) is 4.81. The van der Waals surface area contributed by atoms with Crippen molar-refractivity contribution in [1.82, 2.24) is 9.88 Å². The Morgan fingerprint density at radius 3 is 2.80 bits per heavy atom. The van der Waals surface area contributed by atoms with E-state index in [1.54, 1.807) is 12.4 Å². The molecule has 1 saturated carbocycles. The van der Waals surface area contributed by atoms with Crippen LogP contribution in [-0.4, -0.2) is 39.6 Å². The zero-order valence-electron chi connectivity index (χ0n) is 12.0. The Balaban J connectivity index is 1.56. The summed E-state index contributed by atoms with van der Waals surface area (Å²) in [5.74, 6) is 0.764. The molecule has 0 spiro atoms. The van der Waals surface area contributed by atoms with Crippen LogP contribution in [0.5, 0.6) is 0 Å². The van der Waals surface area contributed by atoms with Crippen molar-refractivity contribution in [2.24, 2.45) is 11.8 Å². The van der Waals surface area contributed by atoms with E-state index in [0.29, 0.717) is 25.4 Å². The van der Waals surface area contributed by atoms with Crippen LogP contribution in [0.4, 0.5) is 0 Å². The number of hydrogen-bond donors (Lipinski definition) is 1. The topological polar surface area (TPSA) is 53.4 Å². The Morgan fingerprint density at radius 2 is 2.15 bits per heavy atom. The number of likely N-dealkylation sites (tertiary alicyclic amines) is 1. The van der Waals surface area contributed by atoms with Crippen LogP contribution in [0.25, 0.3) is 0 Å². The van der Waals surface area contributed by atoms with Crippen LogP contribution < -0.4 is 0 Å². The highest BCUT2D eigenvalue weighted by Gasteiger charge is 2.53. The van der Waals surface area contributed by atoms with Crippen LogP contribution in [0.15, 0.2) is 24.5 Å². The molecular formula is C16H22N2O2. The summed E-state index contributed by atoms with van der Waals surface area (Å²) in [4.78, 5) is 18.1. The minimum Gasteiger partial charge on any atom is -0.387 e. The molecule has 3 rings (SSSR count). The second kappa shape index (κ2) is 5.17. The molecule has 4 nitrogen and oxygen atoms in total. The number of rotatable bonds is 4. The van der Waals surface area contributed by atoms with E-state index >= 15 is 0 Å². The van der Waals surface area contributed by atoms with Gasteiger partial charge in [-0.05, 0) is 42.9 Å². The molecule has 108 valence electrons. The molecule has 20 heavy (non-hydrogen) atoms. The highest BCUT2D eigenvalue weighted by molar-refractivity contribution is 5.77. The normalized spacial score (nSPS) is 29.7. The van der Waals surface area contributed by atoms with Gasteiger partial charge in [0.25, 0.3) is 0 Å². The number of nitrogens with zero attached hydrogens (tertiary/aromatic N) is 2. The molecule has 0 unspecified atom stereocenters. The Kier molecular flexibility index (Phi) is 3.50. The smallest absolute Gasteiger partial charge is 0.223 e. The maximum absolute atomic E-state index is 12.3. The molecule has 0 bridgehead atoms. The molecule has 1 aromatic heterocycles. The summed E-state index contributed by atoms with van der Waals surface area (Å²) in [6.45, 7) is 3.28. The zero-order valence-corrected chi connectivity index (χ0v) is 12.0. The lowest BCUT2D eigenvalue weighted by Gasteiger charge is -2.26. The van der Waals surface area contributed by atoms with Gasteiger partial charge in [-0.25, -0.2) is 0 Å². The number of β-amino-alcohol motifs (C(OH)–C–C–N with tert-alkyl or cyclic N) is 1. The van der Waals surface area contributed by atoms with E-state index < -0.39 is 5.60 Å². The number of hydrogen-bond acceptors (Lipinski definition) is 3. The largest absolute Gasteiger partial charge is 0.387 e.